The summed E-state index contributed by atoms with van der Waals surface area (Å²) in [4.78, 5) is 12.1. The Kier molecular flexibility index (Phi) is 5.16. The minimum absolute atomic E-state index is 0.0672. The van der Waals surface area contributed by atoms with Crippen LogP contribution in [0.5, 0.6) is 0 Å². The van der Waals surface area contributed by atoms with E-state index in [1.165, 1.54) is 24.0 Å². The Labute approximate surface area is 169 Å². The van der Waals surface area contributed by atoms with E-state index in [0.29, 0.717) is 11.2 Å². The van der Waals surface area contributed by atoms with Gasteiger partial charge in [0.05, 0.1) is 15.1 Å². The van der Waals surface area contributed by atoms with E-state index in [1.807, 2.05) is 19.9 Å². The number of aryl methyl sites for hydroxylation is 3. The van der Waals surface area contributed by atoms with Crippen LogP contribution in [0.3, 0.4) is 0 Å². The third-order valence-electron chi connectivity index (χ3n) is 5.47. The number of rotatable bonds is 5. The molecule has 0 saturated heterocycles. The maximum Gasteiger partial charge on any atom is 0.308 e. The zero-order chi connectivity index (χ0) is 19.9. The number of fused-ring (bicyclic) bond motifs is 2. The first-order valence-corrected chi connectivity index (χ1v) is 12.0. The molecule has 0 bridgehead atoms. The molecule has 3 aromatic rings. The number of nitrogens with zero attached hydrogens (tertiary/aromatic N) is 1. The van der Waals surface area contributed by atoms with Crippen LogP contribution in [0, 0.1) is 0 Å². The van der Waals surface area contributed by atoms with E-state index in [2.05, 4.69) is 16.9 Å². The van der Waals surface area contributed by atoms with Gasteiger partial charge in [-0.3, -0.25) is 9.36 Å². The van der Waals surface area contributed by atoms with Gasteiger partial charge in [-0.15, -0.1) is 0 Å². The molecule has 5 nitrogen and oxygen atoms in total. The zero-order valence-corrected chi connectivity index (χ0v) is 17.7. The third-order valence-corrected chi connectivity index (χ3v) is 7.95. The van der Waals surface area contributed by atoms with Crippen molar-refractivity contribution in [2.45, 2.75) is 57.0 Å². The van der Waals surface area contributed by atoms with E-state index in [1.54, 1.807) is 22.8 Å². The van der Waals surface area contributed by atoms with Crippen molar-refractivity contribution in [1.29, 1.82) is 0 Å². The SMILES string of the molecule is CCn1c(=O)sc2cc(S(=O)(=O)NC(C)c3ccc4c(c3)CCCC4)ccc21. The van der Waals surface area contributed by atoms with Crippen LogP contribution in [0.2, 0.25) is 0 Å². The minimum Gasteiger partial charge on any atom is -0.299 e. The van der Waals surface area contributed by atoms with Crippen molar-refractivity contribution in [3.63, 3.8) is 0 Å². The lowest BCUT2D eigenvalue weighted by atomic mass is 9.89. The number of nitrogens with one attached hydrogen (secondary N) is 1. The highest BCUT2D eigenvalue weighted by atomic mass is 32.2. The Morgan fingerprint density at radius 2 is 1.86 bits per heavy atom. The van der Waals surface area contributed by atoms with Crippen molar-refractivity contribution < 1.29 is 8.42 Å². The number of sulfonamides is 1. The molecule has 1 aliphatic rings. The second kappa shape index (κ2) is 7.46. The van der Waals surface area contributed by atoms with Gasteiger partial charge in [0.2, 0.25) is 10.0 Å². The third kappa shape index (κ3) is 3.54. The summed E-state index contributed by atoms with van der Waals surface area (Å²) >= 11 is 1.08. The van der Waals surface area contributed by atoms with E-state index in [-0.39, 0.29) is 15.8 Å². The number of thiazole rings is 1. The first-order chi connectivity index (χ1) is 13.4. The van der Waals surface area contributed by atoms with Crippen molar-refractivity contribution in [1.82, 2.24) is 9.29 Å². The van der Waals surface area contributed by atoms with Crippen molar-refractivity contribution in [3.8, 4) is 0 Å². The van der Waals surface area contributed by atoms with Gasteiger partial charge < -0.3 is 0 Å². The van der Waals surface area contributed by atoms with Gasteiger partial charge >= 0.3 is 4.87 Å². The quantitative estimate of drug-likeness (QED) is 0.683. The summed E-state index contributed by atoms with van der Waals surface area (Å²) in [6.45, 7) is 4.34. The van der Waals surface area contributed by atoms with E-state index in [4.69, 9.17) is 0 Å². The molecule has 0 amide bonds. The molecule has 0 radical (unpaired) electrons. The normalized spacial score (nSPS) is 15.5. The maximum absolute atomic E-state index is 12.9. The van der Waals surface area contributed by atoms with E-state index >= 15 is 0 Å². The van der Waals surface area contributed by atoms with Crippen LogP contribution in [0.4, 0.5) is 0 Å². The zero-order valence-electron chi connectivity index (χ0n) is 16.1. The molecule has 1 unspecified atom stereocenters. The molecule has 7 heteroatoms. The molecule has 2 aromatic carbocycles. The van der Waals surface area contributed by atoms with Gasteiger partial charge in [0.25, 0.3) is 0 Å². The van der Waals surface area contributed by atoms with Crippen LogP contribution in [0.1, 0.15) is 49.4 Å². The Morgan fingerprint density at radius 1 is 1.11 bits per heavy atom. The predicted molar refractivity (Wildman–Crippen MR) is 114 cm³/mol. The fourth-order valence-electron chi connectivity index (χ4n) is 3.90. The average molecular weight is 417 g/mol. The topological polar surface area (TPSA) is 68.2 Å². The van der Waals surface area contributed by atoms with Gasteiger partial charge in [-0.25, -0.2) is 13.1 Å². The molecule has 0 spiro atoms. The van der Waals surface area contributed by atoms with Gasteiger partial charge in [-0.05, 0) is 74.4 Å². The predicted octanol–water partition coefficient (Wildman–Crippen LogP) is 4.00. The van der Waals surface area contributed by atoms with Crippen LogP contribution < -0.4 is 9.60 Å². The summed E-state index contributed by atoms with van der Waals surface area (Å²) in [6.07, 6.45) is 4.59. The van der Waals surface area contributed by atoms with Gasteiger partial charge in [0, 0.05) is 12.6 Å². The standard InChI is InChI=1S/C21H24N2O3S2/c1-3-23-19-11-10-18(13-20(19)27-21(23)24)28(25,26)22-14(2)16-9-8-15-6-4-5-7-17(15)12-16/h8-14,22H,3-7H2,1-2H3. The maximum atomic E-state index is 12.9. The second-order valence-electron chi connectivity index (χ2n) is 7.32. The van der Waals surface area contributed by atoms with Crippen molar-refractivity contribution in [3.05, 3.63) is 62.8 Å². The largest absolute Gasteiger partial charge is 0.308 e. The van der Waals surface area contributed by atoms with Crippen LogP contribution >= 0.6 is 11.3 Å². The Bertz CT molecular complexity index is 1190. The lowest BCUT2D eigenvalue weighted by Crippen LogP contribution is -2.27. The average Bonchev–Trinajstić information content (AvgIpc) is 3.01. The first-order valence-electron chi connectivity index (χ1n) is 9.66. The lowest BCUT2D eigenvalue weighted by molar-refractivity contribution is 0.566. The molecule has 0 aliphatic heterocycles. The summed E-state index contributed by atoms with van der Waals surface area (Å²) in [6, 6.07) is 10.8. The van der Waals surface area contributed by atoms with Crippen LogP contribution in [0.15, 0.2) is 46.1 Å². The molecule has 1 atom stereocenters. The first kappa shape index (κ1) is 19.4. The number of hydrogen-bond acceptors (Lipinski definition) is 4. The van der Waals surface area contributed by atoms with Crippen molar-refractivity contribution in [2.24, 2.45) is 0 Å². The van der Waals surface area contributed by atoms with Gasteiger partial charge in [0.1, 0.15) is 0 Å². The van der Waals surface area contributed by atoms with Crippen LogP contribution in [0.25, 0.3) is 10.2 Å². The molecule has 0 fully saturated rings. The van der Waals surface area contributed by atoms with Crippen LogP contribution in [-0.2, 0) is 29.4 Å². The van der Waals surface area contributed by atoms with Crippen molar-refractivity contribution >= 4 is 31.6 Å². The smallest absolute Gasteiger partial charge is 0.299 e. The molecule has 148 valence electrons. The highest BCUT2D eigenvalue weighted by molar-refractivity contribution is 7.89. The van der Waals surface area contributed by atoms with E-state index in [9.17, 15) is 13.2 Å². The molecule has 0 saturated carbocycles. The van der Waals surface area contributed by atoms with Gasteiger partial charge in [-0.1, -0.05) is 29.5 Å². The minimum atomic E-state index is -3.69. The highest BCUT2D eigenvalue weighted by Gasteiger charge is 2.21. The van der Waals surface area contributed by atoms with Crippen LogP contribution in [-0.4, -0.2) is 13.0 Å². The Balaban J connectivity index is 1.61. The summed E-state index contributed by atoms with van der Waals surface area (Å²) < 4.78 is 31.0. The molecular weight excluding hydrogens is 392 g/mol. The van der Waals surface area contributed by atoms with Crippen molar-refractivity contribution in [2.75, 3.05) is 0 Å². The summed E-state index contributed by atoms with van der Waals surface area (Å²) in [5.74, 6) is 0. The molecule has 1 N–H and O–H groups in total. The fraction of sp³-hybridized carbons (Fsp3) is 0.381. The number of hydrogen-bond donors (Lipinski definition) is 1. The molecular formula is C21H24N2O3S2. The molecule has 4 rings (SSSR count). The molecule has 28 heavy (non-hydrogen) atoms. The summed E-state index contributed by atoms with van der Waals surface area (Å²) in [5.41, 5.74) is 4.47. The Hall–Kier alpha value is -1.96. The highest BCUT2D eigenvalue weighted by Crippen LogP contribution is 2.27. The lowest BCUT2D eigenvalue weighted by Gasteiger charge is -2.20. The van der Waals surface area contributed by atoms with Gasteiger partial charge in [-0.2, -0.15) is 0 Å². The number of benzene rings is 2. The monoisotopic (exact) mass is 416 g/mol. The number of aromatic nitrogens is 1. The summed E-state index contributed by atoms with van der Waals surface area (Å²) in [7, 11) is -3.69. The molecule has 1 aromatic heterocycles. The second-order valence-corrected chi connectivity index (χ2v) is 10.0. The van der Waals surface area contributed by atoms with E-state index < -0.39 is 10.0 Å². The molecule has 1 heterocycles. The fourth-order valence-corrected chi connectivity index (χ4v) is 6.23. The summed E-state index contributed by atoms with van der Waals surface area (Å²) in [5, 5.41) is 0. The van der Waals surface area contributed by atoms with E-state index in [0.717, 1.165) is 35.3 Å². The Morgan fingerprint density at radius 3 is 2.61 bits per heavy atom. The molecule has 1 aliphatic carbocycles. The van der Waals surface area contributed by atoms with Gasteiger partial charge in [0.15, 0.2) is 0 Å².